The summed E-state index contributed by atoms with van der Waals surface area (Å²) in [6, 6.07) is 10.1. The molecule has 0 fully saturated rings. The van der Waals surface area contributed by atoms with Crippen LogP contribution in [0.2, 0.25) is 5.28 Å². The fourth-order valence-corrected chi connectivity index (χ4v) is 6.57. The van der Waals surface area contributed by atoms with Gasteiger partial charge < -0.3 is 15.7 Å². The lowest BCUT2D eigenvalue weighted by Gasteiger charge is -2.18. The molecule has 17 nitrogen and oxygen atoms in total. The van der Waals surface area contributed by atoms with E-state index in [4.69, 9.17) is 17.3 Å². The van der Waals surface area contributed by atoms with Crippen molar-refractivity contribution in [2.75, 3.05) is 17.7 Å². The summed E-state index contributed by atoms with van der Waals surface area (Å²) >= 11 is 5.85. The molecule has 21 heteroatoms. The first-order valence-electron chi connectivity index (χ1n) is 12.0. The van der Waals surface area contributed by atoms with Crippen molar-refractivity contribution < 1.29 is 44.0 Å². The molecule has 5 aromatic rings. The predicted molar refractivity (Wildman–Crippen MR) is 160 cm³/mol. The molecule has 0 spiro atoms. The molecule has 6 N–H and O–H groups in total. The third kappa shape index (κ3) is 6.33. The quantitative estimate of drug-likeness (QED) is 0.119. The normalized spacial score (nSPS) is 12.7. The monoisotopic (exact) mass is 695 g/mol. The number of aromatic hydroxyl groups is 1. The third-order valence-corrected chi connectivity index (χ3v) is 9.21. The Morgan fingerprint density at radius 2 is 1.33 bits per heavy atom. The summed E-state index contributed by atoms with van der Waals surface area (Å²) < 4.78 is 101. The molecule has 0 aliphatic heterocycles. The Hall–Kier alpha value is -4.57. The van der Waals surface area contributed by atoms with E-state index in [1.165, 1.54) is 23.1 Å². The standard InChI is InChI=1S/C24H18ClN7O10S3/c1-32(24-28-22(25)27-23(26)29-24)13-3-5-14-11(8-13)9-19(45(40,41)42)20(21(14)33)31-30-12-2-4-15-16(10-12)18(44(37,38)39)7-6-17(15)43(34,35)36/h2-10,33H,1H3,(H,34,35,36)(H,37,38,39)(H,40,41,42)(H2,26,27,28,29)/b31-30+. The summed E-state index contributed by atoms with van der Waals surface area (Å²) in [6.45, 7) is 0. The number of anilines is 3. The molecular formula is C24H18ClN7O10S3. The number of aromatic nitrogens is 3. The second-order valence-electron chi connectivity index (χ2n) is 9.22. The number of hydrogen-bond acceptors (Lipinski definition) is 14. The molecule has 0 aliphatic rings. The first-order valence-corrected chi connectivity index (χ1v) is 16.7. The van der Waals surface area contributed by atoms with Crippen molar-refractivity contribution in [2.45, 2.75) is 14.7 Å². The summed E-state index contributed by atoms with van der Waals surface area (Å²) in [5.74, 6) is -0.815. The number of hydrogen-bond donors (Lipinski definition) is 5. The number of phenols is 1. The second-order valence-corrected chi connectivity index (χ2v) is 13.7. The lowest BCUT2D eigenvalue weighted by atomic mass is 10.1. The van der Waals surface area contributed by atoms with E-state index in [0.717, 1.165) is 36.4 Å². The number of nitrogen functional groups attached to an aromatic ring is 1. The number of halogens is 1. The molecule has 5 rings (SSSR count). The van der Waals surface area contributed by atoms with Crippen LogP contribution in [0.25, 0.3) is 21.5 Å². The van der Waals surface area contributed by atoms with Crippen LogP contribution in [0.5, 0.6) is 5.75 Å². The minimum atomic E-state index is -5.03. The molecule has 0 bridgehead atoms. The highest BCUT2D eigenvalue weighted by Crippen LogP contribution is 2.43. The Bertz CT molecular complexity index is 2400. The molecule has 0 aliphatic carbocycles. The van der Waals surface area contributed by atoms with Gasteiger partial charge in [0, 0.05) is 28.9 Å². The van der Waals surface area contributed by atoms with E-state index in [-0.39, 0.29) is 44.4 Å². The SMILES string of the molecule is CN(c1ccc2c(O)c(/N=N/c3ccc4c(S(=O)(=O)O)ccc(S(=O)(=O)O)c4c3)c(S(=O)(=O)O)cc2c1)c1nc(N)nc(Cl)n1. The lowest BCUT2D eigenvalue weighted by molar-refractivity contribution is 0.472. The van der Waals surface area contributed by atoms with Crippen LogP contribution >= 0.6 is 11.6 Å². The largest absolute Gasteiger partial charge is 0.505 e. The third-order valence-electron chi connectivity index (χ3n) is 6.35. The number of rotatable bonds is 7. The van der Waals surface area contributed by atoms with E-state index in [1.54, 1.807) is 7.05 Å². The maximum absolute atomic E-state index is 12.3. The van der Waals surface area contributed by atoms with E-state index in [2.05, 4.69) is 25.2 Å². The van der Waals surface area contributed by atoms with Crippen LogP contribution in [0.1, 0.15) is 0 Å². The Balaban J connectivity index is 1.65. The maximum atomic E-state index is 12.3. The van der Waals surface area contributed by atoms with Gasteiger partial charge in [0.1, 0.15) is 20.4 Å². The molecule has 1 heterocycles. The number of nitrogens with zero attached hydrogens (tertiary/aromatic N) is 6. The maximum Gasteiger partial charge on any atom is 0.296 e. The van der Waals surface area contributed by atoms with Gasteiger partial charge in [-0.15, -0.1) is 5.11 Å². The van der Waals surface area contributed by atoms with E-state index >= 15 is 0 Å². The molecule has 0 atom stereocenters. The highest BCUT2D eigenvalue weighted by Gasteiger charge is 2.24. The predicted octanol–water partition coefficient (Wildman–Crippen LogP) is 4.04. The van der Waals surface area contributed by atoms with Crippen molar-refractivity contribution >= 4 is 92.5 Å². The van der Waals surface area contributed by atoms with Crippen LogP contribution in [-0.2, 0) is 30.4 Å². The Morgan fingerprint density at radius 1 is 0.733 bits per heavy atom. The van der Waals surface area contributed by atoms with Gasteiger partial charge in [-0.25, -0.2) is 0 Å². The van der Waals surface area contributed by atoms with Crippen LogP contribution in [0.15, 0.2) is 79.5 Å². The van der Waals surface area contributed by atoms with E-state index in [0.29, 0.717) is 5.69 Å². The summed E-state index contributed by atoms with van der Waals surface area (Å²) in [6.07, 6.45) is 0. The van der Waals surface area contributed by atoms with Crippen molar-refractivity contribution in [3.05, 3.63) is 59.9 Å². The topological polar surface area (TPSA) is 276 Å². The van der Waals surface area contributed by atoms with Gasteiger partial charge >= 0.3 is 0 Å². The van der Waals surface area contributed by atoms with Crippen molar-refractivity contribution in [1.82, 2.24) is 15.0 Å². The van der Waals surface area contributed by atoms with Gasteiger partial charge in [0.15, 0.2) is 5.75 Å². The van der Waals surface area contributed by atoms with Gasteiger partial charge in [-0.2, -0.15) is 45.3 Å². The summed E-state index contributed by atoms with van der Waals surface area (Å²) in [4.78, 5) is 10.8. The smallest absolute Gasteiger partial charge is 0.296 e. The Morgan fingerprint density at radius 3 is 1.93 bits per heavy atom. The lowest BCUT2D eigenvalue weighted by Crippen LogP contribution is -2.14. The van der Waals surface area contributed by atoms with Crippen LogP contribution in [0.3, 0.4) is 0 Å². The number of fused-ring (bicyclic) bond motifs is 2. The van der Waals surface area contributed by atoms with Gasteiger partial charge in [-0.05, 0) is 65.5 Å². The molecule has 45 heavy (non-hydrogen) atoms. The van der Waals surface area contributed by atoms with Gasteiger partial charge in [-0.1, -0.05) is 6.07 Å². The van der Waals surface area contributed by atoms with Crippen molar-refractivity contribution in [3.8, 4) is 5.75 Å². The van der Waals surface area contributed by atoms with Crippen LogP contribution in [0.4, 0.5) is 29.0 Å². The van der Waals surface area contributed by atoms with Crippen LogP contribution in [-0.4, -0.2) is 66.0 Å². The average molecular weight is 696 g/mol. The minimum Gasteiger partial charge on any atom is -0.505 e. The zero-order chi connectivity index (χ0) is 33.1. The molecule has 4 aromatic carbocycles. The van der Waals surface area contributed by atoms with Crippen molar-refractivity contribution in [3.63, 3.8) is 0 Å². The Kier molecular flexibility index (Phi) is 7.85. The van der Waals surface area contributed by atoms with E-state index in [9.17, 15) is 44.0 Å². The highest BCUT2D eigenvalue weighted by molar-refractivity contribution is 7.86. The first-order chi connectivity index (χ1) is 20.8. The zero-order valence-electron chi connectivity index (χ0n) is 22.3. The molecule has 234 valence electrons. The van der Waals surface area contributed by atoms with Crippen molar-refractivity contribution in [2.24, 2.45) is 10.2 Å². The summed E-state index contributed by atoms with van der Waals surface area (Å²) in [7, 11) is -13.2. The van der Waals surface area contributed by atoms with E-state index in [1.807, 2.05) is 0 Å². The number of nitrogens with two attached hydrogens (primary N) is 1. The van der Waals surface area contributed by atoms with Crippen molar-refractivity contribution in [1.29, 1.82) is 0 Å². The van der Waals surface area contributed by atoms with Crippen LogP contribution in [0, 0.1) is 0 Å². The fraction of sp³-hybridized carbons (Fsp3) is 0.0417. The molecule has 1 aromatic heterocycles. The number of azo groups is 1. The molecule has 0 saturated heterocycles. The second kappa shape index (κ2) is 11.1. The van der Waals surface area contributed by atoms with Gasteiger partial charge in [0.05, 0.1) is 5.69 Å². The number of benzene rings is 4. The summed E-state index contributed by atoms with van der Waals surface area (Å²) in [5, 5.41) is 18.0. The Labute approximate surface area is 258 Å². The zero-order valence-corrected chi connectivity index (χ0v) is 25.5. The highest BCUT2D eigenvalue weighted by atomic mass is 35.5. The van der Waals surface area contributed by atoms with Crippen LogP contribution < -0.4 is 10.6 Å². The van der Waals surface area contributed by atoms with Gasteiger partial charge in [0.25, 0.3) is 30.4 Å². The fourth-order valence-electron chi connectivity index (χ4n) is 4.36. The van der Waals surface area contributed by atoms with Gasteiger partial charge in [-0.3, -0.25) is 13.7 Å². The number of phenolic OH excluding ortho intramolecular Hbond substituents is 1. The first kappa shape index (κ1) is 31.8. The van der Waals surface area contributed by atoms with Gasteiger partial charge in [0.2, 0.25) is 17.2 Å². The molecule has 0 amide bonds. The molecule has 0 saturated carbocycles. The average Bonchev–Trinajstić information content (AvgIpc) is 2.93. The molecule has 0 radical (unpaired) electrons. The summed E-state index contributed by atoms with van der Waals surface area (Å²) in [5.41, 5.74) is 5.12. The molecular weight excluding hydrogens is 678 g/mol. The minimum absolute atomic E-state index is 0.0488. The van der Waals surface area contributed by atoms with E-state index < -0.39 is 56.5 Å². The molecule has 0 unspecified atom stereocenters.